The molecule has 0 unspecified atom stereocenters. The number of benzene rings is 6. The number of fused-ring (bicyclic) bond motifs is 4. The quantitative estimate of drug-likeness (QED) is 0.185. The lowest BCUT2D eigenvalue weighted by Gasteiger charge is -2.20. The van der Waals surface area contributed by atoms with Crippen LogP contribution in [0.3, 0.4) is 0 Å². The van der Waals surface area contributed by atoms with Crippen LogP contribution in [0.4, 0.5) is 5.69 Å². The maximum Gasteiger partial charge on any atom is 0.229 e. The van der Waals surface area contributed by atoms with Crippen LogP contribution in [0.15, 0.2) is 135 Å². The topological polar surface area (TPSA) is 71.8 Å². The monoisotopic (exact) mass is 668 g/mol. The molecule has 252 valence electrons. The molecule has 8 aromatic rings. The van der Waals surface area contributed by atoms with Crippen molar-refractivity contribution in [3.63, 3.8) is 0 Å². The van der Waals surface area contributed by atoms with Crippen LogP contribution in [0.25, 0.3) is 66.7 Å². The van der Waals surface area contributed by atoms with Gasteiger partial charge >= 0.3 is 0 Å². The Hall–Kier alpha value is -5.94. The second kappa shape index (κ2) is 12.1. The van der Waals surface area contributed by atoms with Crippen LogP contribution in [0.1, 0.15) is 58.2 Å². The lowest BCUT2D eigenvalue weighted by Crippen LogP contribution is -2.11. The summed E-state index contributed by atoms with van der Waals surface area (Å²) >= 11 is 0. The normalized spacial score (nSPS) is 12.5. The van der Waals surface area contributed by atoms with Crippen LogP contribution in [0.2, 0.25) is 0 Å². The van der Waals surface area contributed by atoms with Gasteiger partial charge in [0.25, 0.3) is 0 Å². The Bertz CT molecular complexity index is 2610. The first kappa shape index (κ1) is 32.3. The van der Waals surface area contributed by atoms with E-state index in [1.807, 2.05) is 54.6 Å². The molecule has 0 radical (unpaired) electrons. The minimum Gasteiger partial charge on any atom is -0.507 e. The van der Waals surface area contributed by atoms with Crippen molar-refractivity contribution in [2.75, 3.05) is 0 Å². The highest BCUT2D eigenvalue weighted by Gasteiger charge is 2.25. The zero-order valence-electron chi connectivity index (χ0n) is 29.8. The number of para-hydroxylation sites is 2. The van der Waals surface area contributed by atoms with E-state index in [0.29, 0.717) is 22.7 Å². The zero-order valence-corrected chi connectivity index (χ0v) is 29.8. The van der Waals surface area contributed by atoms with Crippen LogP contribution >= 0.6 is 0 Å². The lowest BCUT2D eigenvalue weighted by atomic mass is 9.84. The van der Waals surface area contributed by atoms with E-state index in [2.05, 4.69) is 102 Å². The average Bonchev–Trinajstić information content (AvgIpc) is 3.73. The third kappa shape index (κ3) is 5.89. The highest BCUT2D eigenvalue weighted by Crippen LogP contribution is 2.45. The van der Waals surface area contributed by atoms with Crippen LogP contribution in [0.5, 0.6) is 5.75 Å². The van der Waals surface area contributed by atoms with Crippen LogP contribution in [-0.4, -0.2) is 16.3 Å². The van der Waals surface area contributed by atoms with Crippen molar-refractivity contribution >= 4 is 44.9 Å². The smallest absolute Gasteiger partial charge is 0.229 e. The van der Waals surface area contributed by atoms with E-state index < -0.39 is 0 Å². The van der Waals surface area contributed by atoms with Gasteiger partial charge in [0.15, 0.2) is 5.58 Å². The van der Waals surface area contributed by atoms with Crippen molar-refractivity contribution in [3.8, 4) is 39.5 Å². The molecule has 0 atom stereocenters. The summed E-state index contributed by atoms with van der Waals surface area (Å²) in [6.45, 7) is 13.1. The number of aromatic nitrogens is 1. The molecule has 1 N–H and O–H groups in total. The SMILES string of the molecule is CC(C)(C)c1ccc(O)c(C=Nc2ccccc2-c2nc3c(-c4ccc(-c5ccccc5)c5c4oc4ccccc45)cc(C(C)(C)C)cc3o2)c1. The summed E-state index contributed by atoms with van der Waals surface area (Å²) in [6, 6.07) is 40.8. The molecule has 5 heteroatoms. The van der Waals surface area contributed by atoms with E-state index in [0.717, 1.165) is 66.4 Å². The van der Waals surface area contributed by atoms with Gasteiger partial charge in [-0.2, -0.15) is 0 Å². The number of rotatable bonds is 5. The molecule has 0 saturated heterocycles. The van der Waals surface area contributed by atoms with Crippen molar-refractivity contribution in [2.45, 2.75) is 52.4 Å². The predicted octanol–water partition coefficient (Wildman–Crippen LogP) is 12.8. The molecule has 51 heavy (non-hydrogen) atoms. The van der Waals surface area contributed by atoms with E-state index in [-0.39, 0.29) is 16.6 Å². The Morgan fingerprint density at radius 3 is 2.10 bits per heavy atom. The minimum atomic E-state index is -0.154. The first-order valence-electron chi connectivity index (χ1n) is 17.4. The van der Waals surface area contributed by atoms with Crippen molar-refractivity contribution in [1.29, 1.82) is 0 Å². The van der Waals surface area contributed by atoms with E-state index in [1.54, 1.807) is 12.3 Å². The Kier molecular flexibility index (Phi) is 7.68. The van der Waals surface area contributed by atoms with Gasteiger partial charge in [0, 0.05) is 33.7 Å². The largest absolute Gasteiger partial charge is 0.507 e. The first-order chi connectivity index (χ1) is 24.5. The third-order valence-electron chi connectivity index (χ3n) is 9.63. The molecule has 0 saturated carbocycles. The summed E-state index contributed by atoms with van der Waals surface area (Å²) < 4.78 is 13.3. The highest BCUT2D eigenvalue weighted by molar-refractivity contribution is 6.17. The summed E-state index contributed by atoms with van der Waals surface area (Å²) in [6.07, 6.45) is 1.71. The molecule has 0 spiro atoms. The highest BCUT2D eigenvalue weighted by atomic mass is 16.3. The number of nitrogens with zero attached hydrogens (tertiary/aromatic N) is 2. The molecule has 0 amide bonds. The number of phenolic OH excluding ortho intramolecular Hbond substituents is 1. The van der Waals surface area contributed by atoms with E-state index in [9.17, 15) is 5.11 Å². The zero-order chi connectivity index (χ0) is 35.5. The number of hydrogen-bond donors (Lipinski definition) is 1. The van der Waals surface area contributed by atoms with Gasteiger partial charge in [-0.1, -0.05) is 114 Å². The second-order valence-corrected chi connectivity index (χ2v) is 15.3. The Morgan fingerprint density at radius 1 is 0.608 bits per heavy atom. The van der Waals surface area contributed by atoms with Gasteiger partial charge in [0.2, 0.25) is 5.89 Å². The fourth-order valence-electron chi connectivity index (χ4n) is 6.71. The summed E-state index contributed by atoms with van der Waals surface area (Å²) in [5, 5.41) is 12.8. The number of aromatic hydroxyl groups is 1. The summed E-state index contributed by atoms with van der Waals surface area (Å²) in [5.74, 6) is 0.653. The molecular formula is C46H40N2O3. The van der Waals surface area contributed by atoms with Crippen LogP contribution in [-0.2, 0) is 10.8 Å². The van der Waals surface area contributed by atoms with E-state index in [4.69, 9.17) is 18.8 Å². The Balaban J connectivity index is 1.32. The molecular weight excluding hydrogens is 629 g/mol. The molecule has 0 aliphatic rings. The maximum atomic E-state index is 10.7. The van der Waals surface area contributed by atoms with Crippen molar-refractivity contribution in [1.82, 2.24) is 4.98 Å². The molecule has 0 aliphatic heterocycles. The lowest BCUT2D eigenvalue weighted by molar-refractivity contribution is 0.473. The minimum absolute atomic E-state index is 0.0637. The maximum absolute atomic E-state index is 10.7. The van der Waals surface area contributed by atoms with Gasteiger partial charge < -0.3 is 13.9 Å². The molecule has 8 rings (SSSR count). The van der Waals surface area contributed by atoms with Crippen molar-refractivity contribution in [3.05, 3.63) is 138 Å². The van der Waals surface area contributed by atoms with Crippen molar-refractivity contribution in [2.24, 2.45) is 4.99 Å². The predicted molar refractivity (Wildman–Crippen MR) is 210 cm³/mol. The van der Waals surface area contributed by atoms with Crippen molar-refractivity contribution < 1.29 is 13.9 Å². The summed E-state index contributed by atoms with van der Waals surface area (Å²) in [7, 11) is 0. The van der Waals surface area contributed by atoms with Crippen LogP contribution < -0.4 is 0 Å². The fourth-order valence-corrected chi connectivity index (χ4v) is 6.71. The number of aliphatic imine (C=N–C) groups is 1. The van der Waals surface area contributed by atoms with Gasteiger partial charge in [-0.3, -0.25) is 4.99 Å². The number of oxazole rings is 1. The van der Waals surface area contributed by atoms with Gasteiger partial charge in [-0.25, -0.2) is 4.98 Å². The number of phenols is 1. The fraction of sp³-hybridized carbons (Fsp3) is 0.174. The molecule has 5 nitrogen and oxygen atoms in total. The van der Waals surface area contributed by atoms with E-state index >= 15 is 0 Å². The third-order valence-corrected chi connectivity index (χ3v) is 9.63. The Morgan fingerprint density at radius 2 is 1.31 bits per heavy atom. The molecule has 0 aliphatic carbocycles. The van der Waals surface area contributed by atoms with Gasteiger partial charge in [0.05, 0.1) is 11.3 Å². The average molecular weight is 669 g/mol. The van der Waals surface area contributed by atoms with Crippen LogP contribution in [0, 0.1) is 0 Å². The Labute approximate surface area is 297 Å². The molecule has 0 fully saturated rings. The molecule has 2 aromatic heterocycles. The first-order valence-corrected chi connectivity index (χ1v) is 17.4. The summed E-state index contributed by atoms with van der Waals surface area (Å²) in [5.41, 5.74) is 11.4. The standard InChI is InChI=1S/C46H40N2O3/c1-45(2,3)30-20-23-38(49)29(24-30)27-47-37-18-12-10-16-34(37)44-48-42-36(25-31(46(4,5)6)26-40(42)51-44)33-22-21-32(28-14-8-7-9-15-28)41-35-17-11-13-19-39(35)50-43(33)41/h7-27,49H,1-6H3. The van der Waals surface area contributed by atoms with Gasteiger partial charge in [0.1, 0.15) is 22.4 Å². The number of hydrogen-bond acceptors (Lipinski definition) is 5. The van der Waals surface area contributed by atoms with Gasteiger partial charge in [-0.05, 0) is 81.6 Å². The molecule has 0 bridgehead atoms. The molecule has 6 aromatic carbocycles. The second-order valence-electron chi connectivity index (χ2n) is 15.3. The van der Waals surface area contributed by atoms with Gasteiger partial charge in [-0.15, -0.1) is 0 Å². The van der Waals surface area contributed by atoms with E-state index in [1.165, 1.54) is 0 Å². The molecule has 2 heterocycles. The summed E-state index contributed by atoms with van der Waals surface area (Å²) in [4.78, 5) is 10.0. The number of furan rings is 1.